The first-order valence-corrected chi connectivity index (χ1v) is 4.25. The van der Waals surface area contributed by atoms with Crippen molar-refractivity contribution in [1.29, 1.82) is 0 Å². The van der Waals surface area contributed by atoms with E-state index in [1.54, 1.807) is 0 Å². The van der Waals surface area contributed by atoms with Crippen LogP contribution in [-0.2, 0) is 14.3 Å². The van der Waals surface area contributed by atoms with E-state index < -0.39 is 5.92 Å². The number of carbonyl (C=O) groups is 2. The fourth-order valence-electron chi connectivity index (χ4n) is 1.59. The van der Waals surface area contributed by atoms with E-state index in [1.807, 2.05) is 6.92 Å². The van der Waals surface area contributed by atoms with E-state index in [4.69, 9.17) is 0 Å². The molecule has 0 aliphatic heterocycles. The Morgan fingerprint density at radius 1 is 1.50 bits per heavy atom. The summed E-state index contributed by atoms with van der Waals surface area (Å²) in [5.74, 6) is -0.378. The van der Waals surface area contributed by atoms with Crippen molar-refractivity contribution in [3.05, 3.63) is 0 Å². The number of methoxy groups -OCH3 is 1. The maximum Gasteiger partial charge on any atom is 0.316 e. The quantitative estimate of drug-likeness (QED) is 0.438. The molecule has 0 radical (unpaired) electrons. The van der Waals surface area contributed by atoms with Crippen molar-refractivity contribution in [2.75, 3.05) is 7.11 Å². The first-order valence-electron chi connectivity index (χ1n) is 4.25. The molecule has 0 bridgehead atoms. The second kappa shape index (κ2) is 3.70. The van der Waals surface area contributed by atoms with Crippen molar-refractivity contribution in [3.8, 4) is 0 Å². The SMILES string of the molecule is COC(=O)C1CC[C@H](C)CC1=O. The van der Waals surface area contributed by atoms with Crippen LogP contribution in [-0.4, -0.2) is 18.9 Å². The highest BCUT2D eigenvalue weighted by Crippen LogP contribution is 2.26. The Balaban J connectivity index is 2.56. The Labute approximate surface area is 72.1 Å². The van der Waals surface area contributed by atoms with Crippen LogP contribution >= 0.6 is 0 Å². The van der Waals surface area contributed by atoms with E-state index in [0.717, 1.165) is 6.42 Å². The minimum atomic E-state index is -0.480. The van der Waals surface area contributed by atoms with Crippen LogP contribution in [0.1, 0.15) is 26.2 Å². The molecule has 3 heteroatoms. The molecule has 12 heavy (non-hydrogen) atoms. The van der Waals surface area contributed by atoms with E-state index in [2.05, 4.69) is 4.74 Å². The molecule has 1 fully saturated rings. The maximum atomic E-state index is 11.3. The van der Waals surface area contributed by atoms with Gasteiger partial charge in [-0.1, -0.05) is 6.92 Å². The summed E-state index contributed by atoms with van der Waals surface area (Å²) < 4.78 is 4.54. The summed E-state index contributed by atoms with van der Waals surface area (Å²) >= 11 is 0. The highest BCUT2D eigenvalue weighted by atomic mass is 16.5. The normalized spacial score (nSPS) is 30.0. The average molecular weight is 170 g/mol. The number of hydrogen-bond donors (Lipinski definition) is 0. The molecule has 1 aliphatic carbocycles. The molecule has 0 aromatic carbocycles. The van der Waals surface area contributed by atoms with E-state index in [1.165, 1.54) is 7.11 Å². The van der Waals surface area contributed by atoms with Gasteiger partial charge in [-0.05, 0) is 18.8 Å². The fraction of sp³-hybridized carbons (Fsp3) is 0.778. The molecular weight excluding hydrogens is 156 g/mol. The standard InChI is InChI=1S/C9H14O3/c1-6-3-4-7(8(10)5-6)9(11)12-2/h6-7H,3-5H2,1-2H3/t6-,7?/m0/s1. The smallest absolute Gasteiger partial charge is 0.316 e. The summed E-state index contributed by atoms with van der Waals surface area (Å²) in [4.78, 5) is 22.3. The lowest BCUT2D eigenvalue weighted by Gasteiger charge is -2.22. The van der Waals surface area contributed by atoms with Gasteiger partial charge in [0.1, 0.15) is 11.7 Å². The summed E-state index contributed by atoms with van der Waals surface area (Å²) in [7, 11) is 1.33. The molecule has 0 aromatic heterocycles. The zero-order chi connectivity index (χ0) is 9.14. The fourth-order valence-corrected chi connectivity index (χ4v) is 1.59. The highest BCUT2D eigenvalue weighted by molar-refractivity contribution is 5.99. The Hall–Kier alpha value is -0.860. The van der Waals surface area contributed by atoms with E-state index in [0.29, 0.717) is 18.8 Å². The van der Waals surface area contributed by atoms with Gasteiger partial charge in [-0.3, -0.25) is 9.59 Å². The van der Waals surface area contributed by atoms with Crippen molar-refractivity contribution < 1.29 is 14.3 Å². The van der Waals surface area contributed by atoms with Gasteiger partial charge in [0.15, 0.2) is 0 Å². The molecule has 0 saturated heterocycles. The molecule has 0 aromatic rings. The lowest BCUT2D eigenvalue weighted by Crippen LogP contribution is -2.30. The number of hydrogen-bond acceptors (Lipinski definition) is 3. The van der Waals surface area contributed by atoms with Gasteiger partial charge in [-0.15, -0.1) is 0 Å². The van der Waals surface area contributed by atoms with E-state index in [9.17, 15) is 9.59 Å². The van der Waals surface area contributed by atoms with Crippen molar-refractivity contribution in [1.82, 2.24) is 0 Å². The molecule has 1 rings (SSSR count). The van der Waals surface area contributed by atoms with Gasteiger partial charge in [0.05, 0.1) is 7.11 Å². The number of ether oxygens (including phenoxy) is 1. The van der Waals surface area contributed by atoms with Crippen LogP contribution in [0.15, 0.2) is 0 Å². The van der Waals surface area contributed by atoms with Gasteiger partial charge in [-0.2, -0.15) is 0 Å². The summed E-state index contributed by atoms with van der Waals surface area (Å²) in [5, 5.41) is 0. The van der Waals surface area contributed by atoms with Crippen LogP contribution in [0.2, 0.25) is 0 Å². The van der Waals surface area contributed by atoms with E-state index in [-0.39, 0.29) is 11.8 Å². The van der Waals surface area contributed by atoms with Crippen LogP contribution in [0.4, 0.5) is 0 Å². The third-order valence-electron chi connectivity index (χ3n) is 2.37. The summed E-state index contributed by atoms with van der Waals surface area (Å²) in [6.07, 6.45) is 2.14. The summed E-state index contributed by atoms with van der Waals surface area (Å²) in [5.41, 5.74) is 0. The average Bonchev–Trinajstić information content (AvgIpc) is 2.03. The van der Waals surface area contributed by atoms with Crippen LogP contribution in [0, 0.1) is 11.8 Å². The number of ketones is 1. The molecule has 0 amide bonds. The number of Topliss-reactive ketones (excluding diaryl/α,β-unsaturated/α-hetero) is 1. The van der Waals surface area contributed by atoms with Gasteiger partial charge < -0.3 is 4.74 Å². The van der Waals surface area contributed by atoms with Crippen LogP contribution < -0.4 is 0 Å². The van der Waals surface area contributed by atoms with Crippen molar-refractivity contribution in [3.63, 3.8) is 0 Å². The van der Waals surface area contributed by atoms with Crippen LogP contribution in [0.25, 0.3) is 0 Å². The molecular formula is C9H14O3. The zero-order valence-electron chi connectivity index (χ0n) is 7.50. The third kappa shape index (κ3) is 1.84. The topological polar surface area (TPSA) is 43.4 Å². The first kappa shape index (κ1) is 9.23. The molecule has 1 unspecified atom stereocenters. The predicted molar refractivity (Wildman–Crippen MR) is 43.5 cm³/mol. The first-order chi connectivity index (χ1) is 5.65. The number of esters is 1. The maximum absolute atomic E-state index is 11.3. The molecule has 2 atom stereocenters. The Bertz CT molecular complexity index is 198. The lowest BCUT2D eigenvalue weighted by atomic mass is 9.82. The van der Waals surface area contributed by atoms with Gasteiger partial charge >= 0.3 is 5.97 Å². The Morgan fingerprint density at radius 3 is 2.67 bits per heavy atom. The second-order valence-corrected chi connectivity index (χ2v) is 3.43. The number of rotatable bonds is 1. The Kier molecular flexibility index (Phi) is 2.84. The van der Waals surface area contributed by atoms with Crippen molar-refractivity contribution >= 4 is 11.8 Å². The lowest BCUT2D eigenvalue weighted by molar-refractivity contribution is -0.151. The largest absolute Gasteiger partial charge is 0.468 e. The van der Waals surface area contributed by atoms with Gasteiger partial charge in [-0.25, -0.2) is 0 Å². The van der Waals surface area contributed by atoms with Gasteiger partial charge in [0, 0.05) is 6.42 Å². The molecule has 0 heterocycles. The Morgan fingerprint density at radius 2 is 2.17 bits per heavy atom. The molecule has 0 N–H and O–H groups in total. The highest BCUT2D eigenvalue weighted by Gasteiger charge is 2.32. The van der Waals surface area contributed by atoms with Crippen LogP contribution in [0.3, 0.4) is 0 Å². The van der Waals surface area contributed by atoms with E-state index >= 15 is 0 Å². The van der Waals surface area contributed by atoms with Crippen LogP contribution in [0.5, 0.6) is 0 Å². The molecule has 68 valence electrons. The van der Waals surface area contributed by atoms with Gasteiger partial charge in [0.25, 0.3) is 0 Å². The number of carbonyl (C=O) groups excluding carboxylic acids is 2. The molecule has 1 saturated carbocycles. The van der Waals surface area contributed by atoms with Crippen molar-refractivity contribution in [2.45, 2.75) is 26.2 Å². The molecule has 3 nitrogen and oxygen atoms in total. The zero-order valence-corrected chi connectivity index (χ0v) is 7.50. The predicted octanol–water partition coefficient (Wildman–Crippen LogP) is 1.16. The summed E-state index contributed by atoms with van der Waals surface area (Å²) in [6, 6.07) is 0. The summed E-state index contributed by atoms with van der Waals surface area (Å²) in [6.45, 7) is 2.03. The second-order valence-electron chi connectivity index (χ2n) is 3.43. The van der Waals surface area contributed by atoms with Crippen molar-refractivity contribution in [2.24, 2.45) is 11.8 Å². The minimum absolute atomic E-state index is 0.0422. The third-order valence-corrected chi connectivity index (χ3v) is 2.37. The van der Waals surface area contributed by atoms with Gasteiger partial charge in [0.2, 0.25) is 0 Å². The monoisotopic (exact) mass is 170 g/mol. The molecule has 0 spiro atoms. The molecule has 1 aliphatic rings. The minimum Gasteiger partial charge on any atom is -0.468 e.